The minimum atomic E-state index is -3.42. The molecule has 0 bridgehead atoms. The molecule has 2 fully saturated rings. The van der Waals surface area contributed by atoms with Crippen LogP contribution in [-0.4, -0.2) is 55.9 Å². The van der Waals surface area contributed by atoms with Crippen LogP contribution in [0.5, 0.6) is 0 Å². The normalized spacial score (nSPS) is 21.1. The Morgan fingerprint density at radius 3 is 2.65 bits per heavy atom. The zero-order valence-electron chi connectivity index (χ0n) is 10.4. The summed E-state index contributed by atoms with van der Waals surface area (Å²) in [6.07, 6.45) is -0.644. The quantitative estimate of drug-likeness (QED) is 0.800. The molecule has 2 amide bonds. The number of carbonyl (C=O) groups excluding carboxylic acids is 2. The van der Waals surface area contributed by atoms with Gasteiger partial charge in [-0.05, 0) is 11.4 Å². The molecule has 1 aromatic heterocycles. The van der Waals surface area contributed by atoms with Gasteiger partial charge in [0.15, 0.2) is 6.61 Å². The maximum atomic E-state index is 12.2. The average molecular weight is 316 g/mol. The number of ether oxygens (including phenoxy) is 1. The van der Waals surface area contributed by atoms with Crippen molar-refractivity contribution in [3.8, 4) is 0 Å². The maximum absolute atomic E-state index is 12.2. The largest absolute Gasteiger partial charge is 0.439 e. The SMILES string of the molecule is O=C1COC(=O)N1CC1CN(S(=O)(=O)c2cccs2)C1. The number of hydrogen-bond donors (Lipinski definition) is 0. The van der Waals surface area contributed by atoms with E-state index in [0.717, 1.165) is 4.90 Å². The summed E-state index contributed by atoms with van der Waals surface area (Å²) >= 11 is 1.17. The van der Waals surface area contributed by atoms with Gasteiger partial charge in [0.05, 0.1) is 0 Å². The van der Waals surface area contributed by atoms with Crippen molar-refractivity contribution < 1.29 is 22.7 Å². The van der Waals surface area contributed by atoms with Crippen molar-refractivity contribution in [2.75, 3.05) is 26.2 Å². The fraction of sp³-hybridized carbons (Fsp3) is 0.455. The highest BCUT2D eigenvalue weighted by atomic mass is 32.2. The molecule has 0 saturated carbocycles. The Kier molecular flexibility index (Phi) is 3.27. The summed E-state index contributed by atoms with van der Waals surface area (Å²) in [5, 5.41) is 1.71. The molecule has 0 aliphatic carbocycles. The zero-order chi connectivity index (χ0) is 14.3. The van der Waals surface area contributed by atoms with Gasteiger partial charge in [0.25, 0.3) is 15.9 Å². The lowest BCUT2D eigenvalue weighted by Gasteiger charge is -2.38. The predicted octanol–water partition coefficient (Wildman–Crippen LogP) is 0.347. The average Bonchev–Trinajstić information content (AvgIpc) is 2.96. The summed E-state index contributed by atoms with van der Waals surface area (Å²) in [4.78, 5) is 23.7. The smallest absolute Gasteiger partial charge is 0.417 e. The number of imide groups is 1. The van der Waals surface area contributed by atoms with E-state index in [1.165, 1.54) is 15.6 Å². The lowest BCUT2D eigenvalue weighted by Crippen LogP contribution is -2.54. The topological polar surface area (TPSA) is 84.0 Å². The highest BCUT2D eigenvalue weighted by Gasteiger charge is 2.41. The third-order valence-corrected chi connectivity index (χ3v) is 6.50. The summed E-state index contributed by atoms with van der Waals surface area (Å²) in [5.41, 5.74) is 0. The van der Waals surface area contributed by atoms with E-state index in [1.54, 1.807) is 17.5 Å². The van der Waals surface area contributed by atoms with E-state index in [4.69, 9.17) is 0 Å². The minimum absolute atomic E-state index is 0.0284. The number of hydrogen-bond acceptors (Lipinski definition) is 6. The number of rotatable bonds is 4. The Morgan fingerprint density at radius 1 is 1.35 bits per heavy atom. The first-order chi connectivity index (χ1) is 9.48. The minimum Gasteiger partial charge on any atom is -0.439 e. The van der Waals surface area contributed by atoms with Gasteiger partial charge < -0.3 is 4.74 Å². The van der Waals surface area contributed by atoms with Crippen LogP contribution >= 0.6 is 11.3 Å². The van der Waals surface area contributed by atoms with Gasteiger partial charge in [-0.25, -0.2) is 18.1 Å². The molecule has 0 spiro atoms. The maximum Gasteiger partial charge on any atom is 0.417 e. The Bertz CT molecular complexity index is 618. The Balaban J connectivity index is 1.59. The second-order valence-electron chi connectivity index (χ2n) is 4.68. The summed E-state index contributed by atoms with van der Waals surface area (Å²) < 4.78 is 30.6. The molecule has 0 atom stereocenters. The van der Waals surface area contributed by atoms with E-state index < -0.39 is 16.1 Å². The van der Waals surface area contributed by atoms with Crippen molar-refractivity contribution in [3.63, 3.8) is 0 Å². The molecule has 108 valence electrons. The van der Waals surface area contributed by atoms with Crippen molar-refractivity contribution in [1.29, 1.82) is 0 Å². The number of nitrogens with zero attached hydrogens (tertiary/aromatic N) is 2. The van der Waals surface area contributed by atoms with Crippen molar-refractivity contribution in [3.05, 3.63) is 17.5 Å². The van der Waals surface area contributed by atoms with Crippen molar-refractivity contribution in [2.24, 2.45) is 5.92 Å². The predicted molar refractivity (Wildman–Crippen MR) is 69.6 cm³/mol. The van der Waals surface area contributed by atoms with Crippen LogP contribution < -0.4 is 0 Å². The van der Waals surface area contributed by atoms with E-state index in [9.17, 15) is 18.0 Å². The third kappa shape index (κ3) is 2.21. The Labute approximate surface area is 119 Å². The van der Waals surface area contributed by atoms with Gasteiger partial charge in [0.2, 0.25) is 0 Å². The van der Waals surface area contributed by atoms with Crippen molar-refractivity contribution >= 4 is 33.4 Å². The lowest BCUT2D eigenvalue weighted by atomic mass is 10.0. The van der Waals surface area contributed by atoms with Gasteiger partial charge in [0.1, 0.15) is 4.21 Å². The van der Waals surface area contributed by atoms with E-state index in [0.29, 0.717) is 17.3 Å². The molecule has 3 rings (SSSR count). The van der Waals surface area contributed by atoms with Gasteiger partial charge in [-0.15, -0.1) is 11.3 Å². The molecule has 0 aromatic carbocycles. The molecular formula is C11H12N2O5S2. The summed E-state index contributed by atoms with van der Waals surface area (Å²) in [6, 6.07) is 3.25. The lowest BCUT2D eigenvalue weighted by molar-refractivity contribution is -0.126. The zero-order valence-corrected chi connectivity index (χ0v) is 12.0. The summed E-state index contributed by atoms with van der Waals surface area (Å²) in [5.74, 6) is -0.395. The van der Waals surface area contributed by atoms with Gasteiger partial charge in [-0.2, -0.15) is 4.31 Å². The molecule has 0 unspecified atom stereocenters. The molecule has 1 aromatic rings. The number of carbonyl (C=O) groups is 2. The number of cyclic esters (lactones) is 1. The number of thiophene rings is 1. The number of sulfonamides is 1. The molecule has 9 heteroatoms. The van der Waals surface area contributed by atoms with Crippen LogP contribution in [-0.2, 0) is 19.6 Å². The molecule has 20 heavy (non-hydrogen) atoms. The molecule has 0 radical (unpaired) electrons. The van der Waals surface area contributed by atoms with E-state index in [-0.39, 0.29) is 25.0 Å². The van der Waals surface area contributed by atoms with E-state index in [2.05, 4.69) is 4.74 Å². The van der Waals surface area contributed by atoms with Crippen LogP contribution in [0.25, 0.3) is 0 Å². The number of amides is 2. The van der Waals surface area contributed by atoms with Crippen LogP contribution in [0.1, 0.15) is 0 Å². The fourth-order valence-corrected chi connectivity index (χ4v) is 4.92. The van der Waals surface area contributed by atoms with Gasteiger partial charge in [0, 0.05) is 25.6 Å². The van der Waals surface area contributed by atoms with Crippen LogP contribution in [0.3, 0.4) is 0 Å². The van der Waals surface area contributed by atoms with Crippen LogP contribution in [0.4, 0.5) is 4.79 Å². The first-order valence-corrected chi connectivity index (χ1v) is 8.31. The second-order valence-corrected chi connectivity index (χ2v) is 7.79. The molecule has 0 N–H and O–H groups in total. The van der Waals surface area contributed by atoms with Gasteiger partial charge in [-0.1, -0.05) is 6.07 Å². The van der Waals surface area contributed by atoms with E-state index in [1.807, 2.05) is 0 Å². The van der Waals surface area contributed by atoms with Crippen LogP contribution in [0, 0.1) is 5.92 Å². The van der Waals surface area contributed by atoms with Crippen molar-refractivity contribution in [1.82, 2.24) is 9.21 Å². The highest BCUT2D eigenvalue weighted by Crippen LogP contribution is 2.28. The Morgan fingerprint density at radius 2 is 2.10 bits per heavy atom. The standard InChI is InChI=1S/C11H12N2O5S2/c14-9-7-18-11(15)13(9)6-8-4-12(5-8)20(16,17)10-2-1-3-19-10/h1-3,8H,4-7H2. The Hall–Kier alpha value is -1.45. The molecule has 7 nitrogen and oxygen atoms in total. The highest BCUT2D eigenvalue weighted by molar-refractivity contribution is 7.91. The monoisotopic (exact) mass is 316 g/mol. The van der Waals surface area contributed by atoms with Crippen molar-refractivity contribution in [2.45, 2.75) is 4.21 Å². The third-order valence-electron chi connectivity index (χ3n) is 3.29. The van der Waals surface area contributed by atoms with E-state index >= 15 is 0 Å². The molecular weight excluding hydrogens is 304 g/mol. The summed E-state index contributed by atoms with van der Waals surface area (Å²) in [7, 11) is -3.42. The van der Waals surface area contributed by atoms with Gasteiger partial charge in [-0.3, -0.25) is 4.79 Å². The first kappa shape index (κ1) is 13.5. The summed E-state index contributed by atoms with van der Waals surface area (Å²) in [6.45, 7) is 0.630. The first-order valence-electron chi connectivity index (χ1n) is 5.99. The van der Waals surface area contributed by atoms with Gasteiger partial charge >= 0.3 is 6.09 Å². The van der Waals surface area contributed by atoms with Crippen LogP contribution in [0.15, 0.2) is 21.7 Å². The molecule has 2 aliphatic rings. The molecule has 2 saturated heterocycles. The fourth-order valence-electron chi connectivity index (χ4n) is 2.19. The van der Waals surface area contributed by atoms with Crippen LogP contribution in [0.2, 0.25) is 0 Å². The second kappa shape index (κ2) is 4.83. The molecule has 3 heterocycles. The molecule has 2 aliphatic heterocycles.